The van der Waals surface area contributed by atoms with E-state index in [0.717, 1.165) is 22.1 Å². The van der Waals surface area contributed by atoms with Crippen LogP contribution in [0, 0.1) is 0 Å². The number of ether oxygens (including phenoxy) is 2. The molecule has 4 nitrogen and oxygen atoms in total. The van der Waals surface area contributed by atoms with Crippen molar-refractivity contribution in [3.8, 4) is 11.5 Å². The Kier molecular flexibility index (Phi) is 6.84. The Bertz CT molecular complexity index is 1270. The SMILES string of the molecule is CCOc1ccc(C(=O)Nc2ccc(Cl)c(Cl)c2)cc1COc1ccc2ccccc2c1. The van der Waals surface area contributed by atoms with Gasteiger partial charge in [-0.25, -0.2) is 0 Å². The number of anilines is 1. The first kappa shape index (κ1) is 22.0. The molecule has 0 saturated heterocycles. The number of carbonyl (C=O) groups excluding carboxylic acids is 1. The Morgan fingerprint density at radius 2 is 1.66 bits per heavy atom. The molecule has 0 spiro atoms. The Morgan fingerprint density at radius 1 is 0.844 bits per heavy atom. The summed E-state index contributed by atoms with van der Waals surface area (Å²) in [6.07, 6.45) is 0. The maximum absolute atomic E-state index is 12.8. The average Bonchev–Trinajstić information content (AvgIpc) is 2.80. The minimum Gasteiger partial charge on any atom is -0.493 e. The van der Waals surface area contributed by atoms with Crippen LogP contribution in [0.15, 0.2) is 78.9 Å². The van der Waals surface area contributed by atoms with Crippen LogP contribution >= 0.6 is 23.2 Å². The number of hydrogen-bond donors (Lipinski definition) is 1. The van der Waals surface area contributed by atoms with Gasteiger partial charge in [-0.15, -0.1) is 0 Å². The number of benzene rings is 4. The van der Waals surface area contributed by atoms with E-state index in [9.17, 15) is 4.79 Å². The molecule has 0 fully saturated rings. The number of fused-ring (bicyclic) bond motifs is 1. The third kappa shape index (κ3) is 5.16. The van der Waals surface area contributed by atoms with Gasteiger partial charge in [0.1, 0.15) is 18.1 Å². The lowest BCUT2D eigenvalue weighted by Gasteiger charge is -2.14. The molecule has 0 radical (unpaired) electrons. The predicted octanol–water partition coefficient (Wildman–Crippen LogP) is 7.38. The van der Waals surface area contributed by atoms with E-state index in [1.807, 2.05) is 43.3 Å². The molecule has 4 aromatic carbocycles. The van der Waals surface area contributed by atoms with E-state index in [1.54, 1.807) is 36.4 Å². The van der Waals surface area contributed by atoms with E-state index in [0.29, 0.717) is 33.7 Å². The smallest absolute Gasteiger partial charge is 0.255 e. The van der Waals surface area contributed by atoms with Gasteiger partial charge < -0.3 is 14.8 Å². The second-order valence-corrected chi connectivity index (χ2v) is 7.95. The molecule has 0 aliphatic carbocycles. The second-order valence-electron chi connectivity index (χ2n) is 7.14. The highest BCUT2D eigenvalue weighted by molar-refractivity contribution is 6.42. The number of hydrogen-bond acceptors (Lipinski definition) is 3. The van der Waals surface area contributed by atoms with Crippen LogP contribution in [0.25, 0.3) is 10.8 Å². The number of carbonyl (C=O) groups is 1. The van der Waals surface area contributed by atoms with Crippen LogP contribution in [0.5, 0.6) is 11.5 Å². The van der Waals surface area contributed by atoms with E-state index in [-0.39, 0.29) is 12.5 Å². The number of amides is 1. The van der Waals surface area contributed by atoms with Crippen molar-refractivity contribution >= 4 is 45.6 Å². The molecule has 1 amide bonds. The summed E-state index contributed by atoms with van der Waals surface area (Å²) in [6.45, 7) is 2.69. The van der Waals surface area contributed by atoms with E-state index in [1.165, 1.54) is 0 Å². The molecule has 0 heterocycles. The number of rotatable bonds is 7. The summed E-state index contributed by atoms with van der Waals surface area (Å²) in [7, 11) is 0. The lowest BCUT2D eigenvalue weighted by Crippen LogP contribution is -2.13. The zero-order valence-corrected chi connectivity index (χ0v) is 18.9. The third-order valence-electron chi connectivity index (χ3n) is 4.92. The zero-order chi connectivity index (χ0) is 22.5. The van der Waals surface area contributed by atoms with Gasteiger partial charge in [0, 0.05) is 16.8 Å². The number of halogens is 2. The molecular formula is C26H21Cl2NO3. The second kappa shape index (κ2) is 9.94. The number of nitrogens with one attached hydrogen (secondary N) is 1. The lowest BCUT2D eigenvalue weighted by atomic mass is 10.1. The van der Waals surface area contributed by atoms with Crippen LogP contribution in [0.4, 0.5) is 5.69 Å². The minimum absolute atomic E-state index is 0.265. The summed E-state index contributed by atoms with van der Waals surface area (Å²) in [4.78, 5) is 12.8. The molecule has 0 unspecified atom stereocenters. The highest BCUT2D eigenvalue weighted by Gasteiger charge is 2.13. The van der Waals surface area contributed by atoms with Crippen LogP contribution in [0.3, 0.4) is 0 Å². The topological polar surface area (TPSA) is 47.6 Å². The van der Waals surface area contributed by atoms with Gasteiger partial charge in [-0.1, -0.05) is 53.5 Å². The van der Waals surface area contributed by atoms with Gasteiger partial charge >= 0.3 is 0 Å². The summed E-state index contributed by atoms with van der Waals surface area (Å²) < 4.78 is 11.8. The molecule has 0 aliphatic heterocycles. The fraction of sp³-hybridized carbons (Fsp3) is 0.115. The molecule has 4 aromatic rings. The third-order valence-corrected chi connectivity index (χ3v) is 5.65. The van der Waals surface area contributed by atoms with Crippen LogP contribution in [-0.4, -0.2) is 12.5 Å². The molecule has 1 N–H and O–H groups in total. The molecule has 0 aliphatic rings. The van der Waals surface area contributed by atoms with Gasteiger partial charge in [0.05, 0.1) is 16.7 Å². The molecule has 162 valence electrons. The Balaban J connectivity index is 1.53. The molecule has 0 aromatic heterocycles. The summed E-state index contributed by atoms with van der Waals surface area (Å²) in [5.74, 6) is 1.16. The average molecular weight is 466 g/mol. The quantitative estimate of drug-likeness (QED) is 0.309. The van der Waals surface area contributed by atoms with E-state index < -0.39 is 0 Å². The lowest BCUT2D eigenvalue weighted by molar-refractivity contribution is 0.102. The molecule has 0 saturated carbocycles. The van der Waals surface area contributed by atoms with Gasteiger partial charge in [0.25, 0.3) is 5.91 Å². The van der Waals surface area contributed by atoms with Gasteiger partial charge in [-0.3, -0.25) is 4.79 Å². The van der Waals surface area contributed by atoms with Crippen LogP contribution in [0.1, 0.15) is 22.8 Å². The van der Waals surface area contributed by atoms with E-state index in [4.69, 9.17) is 32.7 Å². The van der Waals surface area contributed by atoms with E-state index in [2.05, 4.69) is 11.4 Å². The molecular weight excluding hydrogens is 445 g/mol. The minimum atomic E-state index is -0.265. The van der Waals surface area contributed by atoms with Crippen molar-refractivity contribution in [3.05, 3.63) is 100 Å². The molecule has 32 heavy (non-hydrogen) atoms. The highest BCUT2D eigenvalue weighted by Crippen LogP contribution is 2.27. The highest BCUT2D eigenvalue weighted by atomic mass is 35.5. The van der Waals surface area contributed by atoms with Crippen molar-refractivity contribution in [3.63, 3.8) is 0 Å². The molecule has 0 atom stereocenters. The normalized spacial score (nSPS) is 10.7. The van der Waals surface area contributed by atoms with Crippen molar-refractivity contribution in [2.24, 2.45) is 0 Å². The van der Waals surface area contributed by atoms with Gasteiger partial charge in [0.15, 0.2) is 0 Å². The summed E-state index contributed by atoms with van der Waals surface area (Å²) in [5, 5.41) is 5.89. The standard InChI is InChI=1S/C26H21Cl2NO3/c1-2-31-25-12-8-19(26(30)29-21-9-11-23(27)24(28)15-21)13-20(25)16-32-22-10-7-17-5-3-4-6-18(17)14-22/h3-15H,2,16H2,1H3,(H,29,30). The summed E-state index contributed by atoms with van der Waals surface area (Å²) in [6, 6.07) is 24.3. The first-order valence-electron chi connectivity index (χ1n) is 10.2. The first-order valence-corrected chi connectivity index (χ1v) is 10.9. The summed E-state index contributed by atoms with van der Waals surface area (Å²) in [5.41, 5.74) is 1.82. The maximum Gasteiger partial charge on any atom is 0.255 e. The van der Waals surface area contributed by atoms with Crippen molar-refractivity contribution < 1.29 is 14.3 Å². The fourth-order valence-electron chi connectivity index (χ4n) is 3.33. The Hall–Kier alpha value is -3.21. The van der Waals surface area contributed by atoms with Crippen LogP contribution in [-0.2, 0) is 6.61 Å². The Labute approximate surface area is 196 Å². The van der Waals surface area contributed by atoms with E-state index >= 15 is 0 Å². The van der Waals surface area contributed by atoms with Crippen molar-refractivity contribution in [2.45, 2.75) is 13.5 Å². The summed E-state index contributed by atoms with van der Waals surface area (Å²) >= 11 is 12.0. The largest absolute Gasteiger partial charge is 0.493 e. The first-order chi connectivity index (χ1) is 15.5. The Morgan fingerprint density at radius 3 is 2.44 bits per heavy atom. The fourth-order valence-corrected chi connectivity index (χ4v) is 3.62. The maximum atomic E-state index is 12.8. The predicted molar refractivity (Wildman–Crippen MR) is 130 cm³/mol. The van der Waals surface area contributed by atoms with Gasteiger partial charge in [-0.2, -0.15) is 0 Å². The zero-order valence-electron chi connectivity index (χ0n) is 17.4. The molecule has 0 bridgehead atoms. The van der Waals surface area contributed by atoms with Crippen molar-refractivity contribution in [2.75, 3.05) is 11.9 Å². The van der Waals surface area contributed by atoms with Crippen LogP contribution in [0.2, 0.25) is 10.0 Å². The molecule has 6 heteroatoms. The van der Waals surface area contributed by atoms with Crippen LogP contribution < -0.4 is 14.8 Å². The van der Waals surface area contributed by atoms with Crippen molar-refractivity contribution in [1.29, 1.82) is 0 Å². The monoisotopic (exact) mass is 465 g/mol. The van der Waals surface area contributed by atoms with Crippen molar-refractivity contribution in [1.82, 2.24) is 0 Å². The molecule has 4 rings (SSSR count). The van der Waals surface area contributed by atoms with Gasteiger partial charge in [0.2, 0.25) is 0 Å². The van der Waals surface area contributed by atoms with Gasteiger partial charge in [-0.05, 0) is 66.2 Å².